The smallest absolute Gasteiger partial charge is 0.211 e. The van der Waals surface area contributed by atoms with Crippen LogP contribution in [0.1, 0.15) is 19.3 Å². The van der Waals surface area contributed by atoms with Gasteiger partial charge in [0.15, 0.2) is 0 Å². The number of isocyanates is 2. The Bertz CT molecular complexity index is 220. The minimum Gasteiger partial charge on any atom is -0.211 e. The molecule has 0 aromatic carbocycles. The van der Waals surface area contributed by atoms with Gasteiger partial charge in [-0.3, -0.25) is 0 Å². The van der Waals surface area contributed by atoms with Crippen LogP contribution < -0.4 is 0 Å². The van der Waals surface area contributed by atoms with Crippen LogP contribution in [-0.4, -0.2) is 22.9 Å². The Balaban J connectivity index is 2.50. The number of carbonyl (C=O) groups excluding carboxylic acids is 2. The molecule has 0 radical (unpaired) electrons. The Kier molecular flexibility index (Phi) is 3.74. The molecule has 1 saturated heterocycles. The van der Waals surface area contributed by atoms with Crippen LogP contribution in [0.3, 0.4) is 0 Å². The molecule has 1 aliphatic heterocycles. The van der Waals surface area contributed by atoms with Gasteiger partial charge in [0.25, 0.3) is 0 Å². The minimum absolute atomic E-state index is 0.0710. The van der Waals surface area contributed by atoms with Crippen LogP contribution in [0.5, 0.6) is 0 Å². The standard InChI is InChI=1S/C7H8N2O2S/c10-4-8-6-2-1-3-7(12-6)9-5-11/h6-7H,1-3H2. The highest BCUT2D eigenvalue weighted by molar-refractivity contribution is 8.00. The summed E-state index contributed by atoms with van der Waals surface area (Å²) in [5.74, 6) is 0. The van der Waals surface area contributed by atoms with Crippen molar-refractivity contribution in [2.24, 2.45) is 9.98 Å². The highest BCUT2D eigenvalue weighted by atomic mass is 32.2. The highest BCUT2D eigenvalue weighted by Gasteiger charge is 2.21. The van der Waals surface area contributed by atoms with E-state index in [1.165, 1.54) is 23.9 Å². The monoisotopic (exact) mass is 184 g/mol. The molecule has 12 heavy (non-hydrogen) atoms. The maximum Gasteiger partial charge on any atom is 0.236 e. The van der Waals surface area contributed by atoms with Crippen LogP contribution in [0.25, 0.3) is 0 Å². The van der Waals surface area contributed by atoms with Gasteiger partial charge >= 0.3 is 0 Å². The highest BCUT2D eigenvalue weighted by Crippen LogP contribution is 2.32. The van der Waals surface area contributed by atoms with Gasteiger partial charge in [-0.1, -0.05) is 0 Å². The third-order valence-corrected chi connectivity index (χ3v) is 2.92. The van der Waals surface area contributed by atoms with Gasteiger partial charge in [-0.05, 0) is 19.3 Å². The molecular weight excluding hydrogens is 176 g/mol. The normalized spacial score (nSPS) is 28.3. The lowest BCUT2D eigenvalue weighted by Crippen LogP contribution is -2.13. The van der Waals surface area contributed by atoms with Gasteiger partial charge in [0.05, 0.1) is 0 Å². The molecule has 1 rings (SSSR count). The molecular formula is C7H8N2O2S. The van der Waals surface area contributed by atoms with Crippen molar-refractivity contribution in [1.29, 1.82) is 0 Å². The molecule has 0 aromatic rings. The lowest BCUT2D eigenvalue weighted by Gasteiger charge is -2.20. The maximum atomic E-state index is 9.92. The summed E-state index contributed by atoms with van der Waals surface area (Å²) >= 11 is 1.42. The Morgan fingerprint density at radius 3 is 2.00 bits per heavy atom. The number of nitrogens with zero attached hydrogens (tertiary/aromatic N) is 2. The van der Waals surface area contributed by atoms with E-state index in [9.17, 15) is 9.59 Å². The van der Waals surface area contributed by atoms with Crippen LogP contribution >= 0.6 is 11.8 Å². The van der Waals surface area contributed by atoms with Gasteiger partial charge in [-0.25, -0.2) is 9.59 Å². The van der Waals surface area contributed by atoms with E-state index in [0.717, 1.165) is 19.3 Å². The zero-order chi connectivity index (χ0) is 8.81. The second-order valence-electron chi connectivity index (χ2n) is 2.42. The molecule has 0 amide bonds. The summed E-state index contributed by atoms with van der Waals surface area (Å²) in [5, 5.41) is -0.142. The summed E-state index contributed by atoms with van der Waals surface area (Å²) in [6.07, 6.45) is 5.70. The van der Waals surface area contributed by atoms with Crippen LogP contribution in [0, 0.1) is 0 Å². The molecule has 4 nitrogen and oxygen atoms in total. The second kappa shape index (κ2) is 4.88. The molecule has 5 heteroatoms. The molecule has 0 saturated carbocycles. The van der Waals surface area contributed by atoms with Gasteiger partial charge < -0.3 is 0 Å². The SMILES string of the molecule is O=C=NC1CCCC(N=C=O)S1. The molecule has 64 valence electrons. The lowest BCUT2D eigenvalue weighted by atomic mass is 10.2. The van der Waals surface area contributed by atoms with Gasteiger partial charge in [-0.15, -0.1) is 11.8 Å². The van der Waals surface area contributed by atoms with Gasteiger partial charge in [-0.2, -0.15) is 9.98 Å². The van der Waals surface area contributed by atoms with Crippen LogP contribution in [0.2, 0.25) is 0 Å². The number of thioether (sulfide) groups is 1. The van der Waals surface area contributed by atoms with Crippen LogP contribution in [0.4, 0.5) is 0 Å². The fraction of sp³-hybridized carbons (Fsp3) is 0.714. The molecule has 1 heterocycles. The quantitative estimate of drug-likeness (QED) is 0.479. The summed E-state index contributed by atoms with van der Waals surface area (Å²) in [7, 11) is 0. The van der Waals surface area contributed by atoms with Crippen molar-refractivity contribution in [3.05, 3.63) is 0 Å². The summed E-state index contributed by atoms with van der Waals surface area (Å²) < 4.78 is 0. The van der Waals surface area contributed by atoms with E-state index in [1.807, 2.05) is 0 Å². The van der Waals surface area contributed by atoms with Crippen molar-refractivity contribution in [1.82, 2.24) is 0 Å². The topological polar surface area (TPSA) is 58.9 Å². The van der Waals surface area contributed by atoms with Crippen molar-refractivity contribution in [3.63, 3.8) is 0 Å². The predicted octanol–water partition coefficient (Wildman–Crippen LogP) is 1.23. The molecule has 0 aromatic heterocycles. The fourth-order valence-electron chi connectivity index (χ4n) is 1.09. The van der Waals surface area contributed by atoms with Crippen molar-refractivity contribution in [2.45, 2.75) is 30.0 Å². The first-order chi connectivity index (χ1) is 5.86. The molecule has 0 spiro atoms. The van der Waals surface area contributed by atoms with Crippen LogP contribution in [0.15, 0.2) is 9.98 Å². The molecule has 0 N–H and O–H groups in total. The van der Waals surface area contributed by atoms with E-state index in [1.54, 1.807) is 0 Å². The zero-order valence-corrected chi connectivity index (χ0v) is 7.21. The summed E-state index contributed by atoms with van der Waals surface area (Å²) in [5.41, 5.74) is 0. The first-order valence-electron chi connectivity index (χ1n) is 3.66. The number of rotatable bonds is 2. The Morgan fingerprint density at radius 1 is 1.08 bits per heavy atom. The summed E-state index contributed by atoms with van der Waals surface area (Å²) in [4.78, 5) is 27.0. The maximum absolute atomic E-state index is 9.92. The Labute approximate surface area is 74.2 Å². The van der Waals surface area contributed by atoms with E-state index in [4.69, 9.17) is 0 Å². The van der Waals surface area contributed by atoms with Gasteiger partial charge in [0.1, 0.15) is 10.7 Å². The third kappa shape index (κ3) is 2.62. The van der Waals surface area contributed by atoms with Crippen LogP contribution in [-0.2, 0) is 9.59 Å². The van der Waals surface area contributed by atoms with Crippen molar-refractivity contribution in [2.75, 3.05) is 0 Å². The Morgan fingerprint density at radius 2 is 1.58 bits per heavy atom. The number of hydrogen-bond donors (Lipinski definition) is 0. The molecule has 0 aliphatic carbocycles. The molecule has 0 bridgehead atoms. The van der Waals surface area contributed by atoms with E-state index in [0.29, 0.717) is 0 Å². The second-order valence-corrected chi connectivity index (χ2v) is 3.78. The van der Waals surface area contributed by atoms with Gasteiger partial charge in [0.2, 0.25) is 12.2 Å². The van der Waals surface area contributed by atoms with E-state index in [2.05, 4.69) is 9.98 Å². The van der Waals surface area contributed by atoms with Crippen molar-refractivity contribution in [3.8, 4) is 0 Å². The molecule has 1 aliphatic rings. The number of hydrogen-bond acceptors (Lipinski definition) is 5. The molecule has 2 atom stereocenters. The van der Waals surface area contributed by atoms with E-state index in [-0.39, 0.29) is 10.7 Å². The van der Waals surface area contributed by atoms with Gasteiger partial charge in [0, 0.05) is 0 Å². The minimum atomic E-state index is -0.0710. The predicted molar refractivity (Wildman–Crippen MR) is 45.3 cm³/mol. The third-order valence-electron chi connectivity index (χ3n) is 1.61. The Hall–Kier alpha value is -0.890. The molecule has 1 fully saturated rings. The number of aliphatic imine (C=N–C) groups is 2. The lowest BCUT2D eigenvalue weighted by molar-refractivity contribution is 0.552. The van der Waals surface area contributed by atoms with Crippen molar-refractivity contribution < 1.29 is 9.59 Å². The first-order valence-corrected chi connectivity index (χ1v) is 4.60. The summed E-state index contributed by atoms with van der Waals surface area (Å²) in [6.45, 7) is 0. The van der Waals surface area contributed by atoms with E-state index < -0.39 is 0 Å². The molecule has 2 unspecified atom stereocenters. The van der Waals surface area contributed by atoms with E-state index >= 15 is 0 Å². The average molecular weight is 184 g/mol. The largest absolute Gasteiger partial charge is 0.236 e. The van der Waals surface area contributed by atoms with Crippen molar-refractivity contribution >= 4 is 23.9 Å². The fourth-order valence-corrected chi connectivity index (χ4v) is 2.27. The average Bonchev–Trinajstić information content (AvgIpc) is 2.06. The zero-order valence-electron chi connectivity index (χ0n) is 6.40. The first kappa shape index (κ1) is 9.20. The summed E-state index contributed by atoms with van der Waals surface area (Å²) in [6, 6.07) is 0.